The average Bonchev–Trinajstić information content (AvgIpc) is 2.97. The van der Waals surface area contributed by atoms with Gasteiger partial charge < -0.3 is 4.42 Å². The maximum atomic E-state index is 10.8. The fourth-order valence-corrected chi connectivity index (χ4v) is 2.32. The van der Waals surface area contributed by atoms with E-state index in [9.17, 15) is 10.1 Å². The van der Waals surface area contributed by atoms with Gasteiger partial charge in [0.2, 0.25) is 0 Å². The van der Waals surface area contributed by atoms with E-state index < -0.39 is 4.92 Å². The van der Waals surface area contributed by atoms with Gasteiger partial charge in [-0.2, -0.15) is 0 Å². The van der Waals surface area contributed by atoms with E-state index in [2.05, 4.69) is 0 Å². The zero-order valence-corrected chi connectivity index (χ0v) is 11.6. The van der Waals surface area contributed by atoms with Crippen LogP contribution in [0.3, 0.4) is 0 Å². The number of rotatable bonds is 3. The second kappa shape index (κ2) is 5.42. The van der Waals surface area contributed by atoms with Crippen molar-refractivity contribution in [2.45, 2.75) is 0 Å². The smallest absolute Gasteiger partial charge is 0.270 e. The van der Waals surface area contributed by atoms with E-state index in [0.29, 0.717) is 10.8 Å². The molecule has 0 bridgehead atoms. The maximum Gasteiger partial charge on any atom is 0.270 e. The Morgan fingerprint density at radius 2 is 1.81 bits per heavy atom. The number of hydrogen-bond acceptors (Lipinski definition) is 3. The fourth-order valence-electron chi connectivity index (χ4n) is 2.09. The van der Waals surface area contributed by atoms with Gasteiger partial charge in [0.15, 0.2) is 0 Å². The van der Waals surface area contributed by atoms with Crippen LogP contribution in [0.15, 0.2) is 65.3 Å². The first-order valence-corrected chi connectivity index (χ1v) is 6.61. The highest BCUT2D eigenvalue weighted by Gasteiger charge is 2.11. The number of benzene rings is 2. The van der Waals surface area contributed by atoms with Crippen LogP contribution in [0.25, 0.3) is 22.5 Å². The van der Waals surface area contributed by atoms with Crippen LogP contribution in [-0.2, 0) is 0 Å². The molecular formula is C16H10ClNO3. The molecule has 0 aliphatic heterocycles. The predicted octanol–water partition coefficient (Wildman–Crippen LogP) is 5.18. The van der Waals surface area contributed by atoms with E-state index in [1.165, 1.54) is 12.1 Å². The first kappa shape index (κ1) is 13.4. The molecule has 0 saturated carbocycles. The summed E-state index contributed by atoms with van der Waals surface area (Å²) in [4.78, 5) is 10.4. The van der Waals surface area contributed by atoms with Gasteiger partial charge >= 0.3 is 0 Å². The quantitative estimate of drug-likeness (QED) is 0.495. The average molecular weight is 300 g/mol. The molecule has 0 fully saturated rings. The van der Waals surface area contributed by atoms with Crippen molar-refractivity contribution in [1.29, 1.82) is 0 Å². The molecule has 0 N–H and O–H groups in total. The monoisotopic (exact) mass is 299 g/mol. The Bertz CT molecular complexity index is 811. The summed E-state index contributed by atoms with van der Waals surface area (Å²) in [6.07, 6.45) is 1.57. The Kier molecular flexibility index (Phi) is 3.46. The summed E-state index contributed by atoms with van der Waals surface area (Å²) in [6, 6.07) is 15.6. The summed E-state index contributed by atoms with van der Waals surface area (Å²) in [6.45, 7) is 0. The van der Waals surface area contributed by atoms with Crippen LogP contribution in [0.5, 0.6) is 0 Å². The lowest BCUT2D eigenvalue weighted by atomic mass is 10.1. The maximum absolute atomic E-state index is 10.8. The standard InChI is InChI=1S/C16H10ClNO3/c17-15-7-2-1-6-14(15)16-9-12(10-21-16)11-4-3-5-13(8-11)18(19)20/h1-10H. The number of nitro benzene ring substituents is 1. The first-order chi connectivity index (χ1) is 10.1. The minimum absolute atomic E-state index is 0.0491. The van der Waals surface area contributed by atoms with Crippen LogP contribution in [0.4, 0.5) is 5.69 Å². The lowest BCUT2D eigenvalue weighted by molar-refractivity contribution is -0.384. The van der Waals surface area contributed by atoms with Gasteiger partial charge in [0.05, 0.1) is 16.2 Å². The largest absolute Gasteiger partial charge is 0.464 e. The molecule has 0 aliphatic carbocycles. The van der Waals surface area contributed by atoms with Crippen molar-refractivity contribution in [2.24, 2.45) is 0 Å². The number of non-ortho nitro benzene ring substituents is 1. The number of nitrogens with zero attached hydrogens (tertiary/aromatic N) is 1. The molecule has 5 heteroatoms. The van der Waals surface area contributed by atoms with Gasteiger partial charge in [-0.15, -0.1) is 0 Å². The zero-order chi connectivity index (χ0) is 14.8. The SMILES string of the molecule is O=[N+]([O-])c1cccc(-c2coc(-c3ccccc3Cl)c2)c1. The summed E-state index contributed by atoms with van der Waals surface area (Å²) in [5, 5.41) is 11.4. The van der Waals surface area contributed by atoms with Gasteiger partial charge in [0.1, 0.15) is 5.76 Å². The summed E-state index contributed by atoms with van der Waals surface area (Å²) >= 11 is 6.13. The van der Waals surface area contributed by atoms with Gasteiger partial charge in [0, 0.05) is 23.3 Å². The molecule has 104 valence electrons. The molecule has 0 atom stereocenters. The molecule has 21 heavy (non-hydrogen) atoms. The van der Waals surface area contributed by atoms with Crippen LogP contribution in [0, 0.1) is 10.1 Å². The third-order valence-electron chi connectivity index (χ3n) is 3.13. The first-order valence-electron chi connectivity index (χ1n) is 6.23. The Hall–Kier alpha value is -2.59. The molecule has 4 nitrogen and oxygen atoms in total. The minimum Gasteiger partial charge on any atom is -0.464 e. The Labute approximate surface area is 125 Å². The zero-order valence-electron chi connectivity index (χ0n) is 10.8. The number of furan rings is 1. The molecule has 2 aromatic carbocycles. The Morgan fingerprint density at radius 3 is 2.57 bits per heavy atom. The highest BCUT2D eigenvalue weighted by molar-refractivity contribution is 6.33. The molecule has 3 aromatic rings. The fraction of sp³-hybridized carbons (Fsp3) is 0. The molecule has 0 aliphatic rings. The van der Waals surface area contributed by atoms with Crippen molar-refractivity contribution in [2.75, 3.05) is 0 Å². The van der Waals surface area contributed by atoms with Crippen LogP contribution in [-0.4, -0.2) is 4.92 Å². The van der Waals surface area contributed by atoms with E-state index in [1.54, 1.807) is 24.5 Å². The molecule has 0 spiro atoms. The third kappa shape index (κ3) is 2.66. The topological polar surface area (TPSA) is 56.3 Å². The van der Waals surface area contributed by atoms with Gasteiger partial charge in [-0.3, -0.25) is 10.1 Å². The Balaban J connectivity index is 2.01. The molecule has 1 heterocycles. The summed E-state index contributed by atoms with van der Waals surface area (Å²) in [5.41, 5.74) is 2.34. The minimum atomic E-state index is -0.418. The number of hydrogen-bond donors (Lipinski definition) is 0. The second-order valence-electron chi connectivity index (χ2n) is 4.49. The van der Waals surface area contributed by atoms with E-state index in [1.807, 2.05) is 24.3 Å². The van der Waals surface area contributed by atoms with E-state index in [-0.39, 0.29) is 5.69 Å². The van der Waals surface area contributed by atoms with Gasteiger partial charge in [-0.1, -0.05) is 35.9 Å². The predicted molar refractivity (Wildman–Crippen MR) is 81.2 cm³/mol. The summed E-state index contributed by atoms with van der Waals surface area (Å²) in [5.74, 6) is 0.627. The molecule has 0 saturated heterocycles. The van der Waals surface area contributed by atoms with E-state index >= 15 is 0 Å². The normalized spacial score (nSPS) is 10.5. The highest BCUT2D eigenvalue weighted by Crippen LogP contribution is 2.33. The summed E-state index contributed by atoms with van der Waals surface area (Å²) in [7, 11) is 0. The molecule has 0 radical (unpaired) electrons. The van der Waals surface area contributed by atoms with Gasteiger partial charge in [-0.25, -0.2) is 0 Å². The van der Waals surface area contributed by atoms with Crippen molar-refractivity contribution in [3.63, 3.8) is 0 Å². The summed E-state index contributed by atoms with van der Waals surface area (Å²) < 4.78 is 5.53. The molecule has 0 amide bonds. The van der Waals surface area contributed by atoms with Crippen molar-refractivity contribution in [1.82, 2.24) is 0 Å². The van der Waals surface area contributed by atoms with Crippen molar-refractivity contribution < 1.29 is 9.34 Å². The van der Waals surface area contributed by atoms with Crippen molar-refractivity contribution in [3.8, 4) is 22.5 Å². The lowest BCUT2D eigenvalue weighted by Crippen LogP contribution is -1.87. The van der Waals surface area contributed by atoms with Crippen molar-refractivity contribution >= 4 is 17.3 Å². The van der Waals surface area contributed by atoms with Crippen molar-refractivity contribution in [3.05, 3.63) is 76.0 Å². The number of nitro groups is 1. The number of halogens is 1. The molecule has 1 aromatic heterocycles. The van der Waals surface area contributed by atoms with Gasteiger partial charge in [0.25, 0.3) is 5.69 Å². The van der Waals surface area contributed by atoms with Crippen LogP contribution < -0.4 is 0 Å². The Morgan fingerprint density at radius 1 is 1.00 bits per heavy atom. The molecule has 0 unspecified atom stereocenters. The molecule has 3 rings (SSSR count). The van der Waals surface area contributed by atoms with Gasteiger partial charge in [-0.05, 0) is 23.8 Å². The van der Waals surface area contributed by atoms with Crippen LogP contribution >= 0.6 is 11.6 Å². The third-order valence-corrected chi connectivity index (χ3v) is 3.46. The molecular weight excluding hydrogens is 290 g/mol. The van der Waals surface area contributed by atoms with Crippen LogP contribution in [0.2, 0.25) is 5.02 Å². The van der Waals surface area contributed by atoms with E-state index in [0.717, 1.165) is 16.7 Å². The second-order valence-corrected chi connectivity index (χ2v) is 4.89. The van der Waals surface area contributed by atoms with Crippen LogP contribution in [0.1, 0.15) is 0 Å². The van der Waals surface area contributed by atoms with E-state index in [4.69, 9.17) is 16.0 Å². The lowest BCUT2D eigenvalue weighted by Gasteiger charge is -1.98. The highest BCUT2D eigenvalue weighted by atomic mass is 35.5.